The molecule has 4 nitrogen and oxygen atoms in total. The molecular weight excluding hydrogens is 208 g/mol. The maximum absolute atomic E-state index is 10.8. The molecule has 0 spiro atoms. The summed E-state index contributed by atoms with van der Waals surface area (Å²) in [4.78, 5) is 0. The van der Waals surface area contributed by atoms with Crippen molar-refractivity contribution in [3.8, 4) is 0 Å². The van der Waals surface area contributed by atoms with Crippen molar-refractivity contribution in [1.29, 1.82) is 0 Å². The molecule has 0 radical (unpaired) electrons. The number of nitrogens with one attached hydrogen (secondary N) is 1. The second-order valence-corrected chi connectivity index (χ2v) is 5.73. The smallest absolute Gasteiger partial charge is 0.216 e. The summed E-state index contributed by atoms with van der Waals surface area (Å²) in [7, 11) is -3.53. The molecule has 0 heterocycles. The third-order valence-electron chi connectivity index (χ3n) is 2.32. The molecule has 0 amide bonds. The first-order valence-corrected chi connectivity index (χ1v) is 7.19. The Morgan fingerprint density at radius 1 is 1.38 bits per heavy atom. The second-order valence-electron chi connectivity index (χ2n) is 3.33. The number of thioether (sulfide) groups is 1. The summed E-state index contributed by atoms with van der Waals surface area (Å²) in [6.45, 7) is 0. The molecule has 13 heavy (non-hydrogen) atoms. The topological polar surface area (TPSA) is 72.2 Å². The minimum Gasteiger partial charge on any atom is -0.216 e. The van der Waals surface area contributed by atoms with Gasteiger partial charge in [0.1, 0.15) is 0 Å². The highest BCUT2D eigenvalue weighted by Crippen LogP contribution is 2.27. The van der Waals surface area contributed by atoms with Gasteiger partial charge in [0.05, 0.1) is 0 Å². The fourth-order valence-corrected chi connectivity index (χ4v) is 3.45. The third kappa shape index (κ3) is 3.84. The van der Waals surface area contributed by atoms with Crippen molar-refractivity contribution in [1.82, 2.24) is 4.72 Å². The van der Waals surface area contributed by atoms with E-state index < -0.39 is 10.2 Å². The summed E-state index contributed by atoms with van der Waals surface area (Å²) >= 11 is 1.71. The second kappa shape index (κ2) is 4.63. The molecule has 6 heteroatoms. The highest BCUT2D eigenvalue weighted by molar-refractivity contribution is 7.99. The Hall–Kier alpha value is 0.220. The molecular formula is C7H16N2O2S2. The highest BCUT2D eigenvalue weighted by Gasteiger charge is 2.26. The fraction of sp³-hybridized carbons (Fsp3) is 1.00. The fourth-order valence-electron chi connectivity index (χ4n) is 1.72. The number of nitrogens with two attached hydrogens (primary N) is 1. The average molecular weight is 224 g/mol. The van der Waals surface area contributed by atoms with Crippen molar-refractivity contribution in [3.63, 3.8) is 0 Å². The number of rotatable bonds is 3. The van der Waals surface area contributed by atoms with Crippen molar-refractivity contribution >= 4 is 22.0 Å². The van der Waals surface area contributed by atoms with Gasteiger partial charge in [-0.3, -0.25) is 0 Å². The zero-order chi connectivity index (χ0) is 9.90. The maximum atomic E-state index is 10.8. The van der Waals surface area contributed by atoms with E-state index in [1.165, 1.54) is 6.42 Å². The van der Waals surface area contributed by atoms with E-state index in [0.717, 1.165) is 19.3 Å². The van der Waals surface area contributed by atoms with Gasteiger partial charge in [0.15, 0.2) is 0 Å². The Kier molecular flexibility index (Phi) is 4.03. The van der Waals surface area contributed by atoms with Crippen molar-refractivity contribution < 1.29 is 8.42 Å². The third-order valence-corrected chi connectivity index (χ3v) is 4.12. The minimum atomic E-state index is -3.53. The molecule has 1 aliphatic rings. The molecule has 0 aromatic carbocycles. The van der Waals surface area contributed by atoms with E-state index >= 15 is 0 Å². The lowest BCUT2D eigenvalue weighted by atomic mass is 9.96. The molecule has 0 aromatic rings. The lowest BCUT2D eigenvalue weighted by Crippen LogP contribution is -2.46. The maximum Gasteiger partial charge on any atom is 0.274 e. The molecule has 1 aliphatic carbocycles. The van der Waals surface area contributed by atoms with Crippen LogP contribution < -0.4 is 9.86 Å². The van der Waals surface area contributed by atoms with Crippen LogP contribution in [0, 0.1) is 0 Å². The molecule has 0 unspecified atom stereocenters. The summed E-state index contributed by atoms with van der Waals surface area (Å²) in [5, 5.41) is 5.32. The van der Waals surface area contributed by atoms with Crippen LogP contribution in [0.3, 0.4) is 0 Å². The molecule has 1 fully saturated rings. The highest BCUT2D eigenvalue weighted by atomic mass is 32.2. The Morgan fingerprint density at radius 3 is 2.54 bits per heavy atom. The molecule has 0 bridgehead atoms. The largest absolute Gasteiger partial charge is 0.274 e. The molecule has 78 valence electrons. The van der Waals surface area contributed by atoms with E-state index in [1.807, 2.05) is 6.26 Å². The molecule has 1 saturated carbocycles. The van der Waals surface area contributed by atoms with E-state index in [9.17, 15) is 8.42 Å². The van der Waals surface area contributed by atoms with E-state index in [0.29, 0.717) is 5.25 Å². The Balaban J connectivity index is 2.55. The van der Waals surface area contributed by atoms with Gasteiger partial charge in [-0.2, -0.15) is 24.9 Å². The molecule has 3 N–H and O–H groups in total. The number of hydrogen-bond donors (Lipinski definition) is 2. The van der Waals surface area contributed by atoms with Crippen LogP contribution in [0.1, 0.15) is 25.7 Å². The Morgan fingerprint density at radius 2 is 2.00 bits per heavy atom. The van der Waals surface area contributed by atoms with Crippen LogP contribution in [0.5, 0.6) is 0 Å². The van der Waals surface area contributed by atoms with Crippen LogP contribution in [-0.4, -0.2) is 26.0 Å². The van der Waals surface area contributed by atoms with Gasteiger partial charge >= 0.3 is 0 Å². The predicted octanol–water partition coefficient (Wildman–Crippen LogP) is 0.454. The summed E-state index contributed by atoms with van der Waals surface area (Å²) in [6.07, 6.45) is 6.27. The molecule has 1 rings (SSSR count). The van der Waals surface area contributed by atoms with Gasteiger partial charge in [-0.25, -0.2) is 5.14 Å². The van der Waals surface area contributed by atoms with Gasteiger partial charge in [-0.15, -0.1) is 0 Å². The van der Waals surface area contributed by atoms with Crippen LogP contribution in [-0.2, 0) is 10.2 Å². The molecule has 2 atom stereocenters. The number of hydrogen-bond acceptors (Lipinski definition) is 3. The van der Waals surface area contributed by atoms with Crippen molar-refractivity contribution in [2.45, 2.75) is 37.0 Å². The SMILES string of the molecule is CS[C@H]1CCCC[C@@H]1NS(N)(=O)=O. The van der Waals surface area contributed by atoms with Gasteiger partial charge in [-0.05, 0) is 19.1 Å². The lowest BCUT2D eigenvalue weighted by molar-refractivity contribution is 0.423. The van der Waals surface area contributed by atoms with Gasteiger partial charge in [0.2, 0.25) is 0 Å². The zero-order valence-electron chi connectivity index (χ0n) is 7.69. The average Bonchev–Trinajstić information content (AvgIpc) is 2.02. The first-order valence-electron chi connectivity index (χ1n) is 4.36. The molecule has 0 saturated heterocycles. The molecule has 0 aromatic heterocycles. The van der Waals surface area contributed by atoms with E-state index in [1.54, 1.807) is 11.8 Å². The minimum absolute atomic E-state index is 0.0266. The monoisotopic (exact) mass is 224 g/mol. The van der Waals surface area contributed by atoms with Gasteiger partial charge in [0, 0.05) is 11.3 Å². The standard InChI is InChI=1S/C7H16N2O2S2/c1-12-7-5-3-2-4-6(7)9-13(8,10)11/h6-7,9H,2-5H2,1H3,(H2,8,10,11)/t6-,7-/m0/s1. The van der Waals surface area contributed by atoms with E-state index in [2.05, 4.69) is 4.72 Å². The predicted molar refractivity (Wildman–Crippen MR) is 55.8 cm³/mol. The Bertz CT molecular complexity index is 253. The van der Waals surface area contributed by atoms with Gasteiger partial charge in [0.25, 0.3) is 10.2 Å². The van der Waals surface area contributed by atoms with Crippen molar-refractivity contribution in [2.24, 2.45) is 5.14 Å². The van der Waals surface area contributed by atoms with Crippen LogP contribution in [0.15, 0.2) is 0 Å². The van der Waals surface area contributed by atoms with Crippen molar-refractivity contribution in [3.05, 3.63) is 0 Å². The van der Waals surface area contributed by atoms with Gasteiger partial charge < -0.3 is 0 Å². The summed E-state index contributed by atoms with van der Waals surface area (Å²) in [6, 6.07) is 0.0266. The zero-order valence-corrected chi connectivity index (χ0v) is 9.33. The van der Waals surface area contributed by atoms with Crippen LogP contribution in [0.2, 0.25) is 0 Å². The Labute approximate surface area is 83.8 Å². The summed E-state index contributed by atoms with van der Waals surface area (Å²) < 4.78 is 24.1. The van der Waals surface area contributed by atoms with E-state index in [-0.39, 0.29) is 6.04 Å². The first kappa shape index (κ1) is 11.3. The summed E-state index contributed by atoms with van der Waals surface area (Å²) in [5.41, 5.74) is 0. The lowest BCUT2D eigenvalue weighted by Gasteiger charge is -2.29. The van der Waals surface area contributed by atoms with Gasteiger partial charge in [-0.1, -0.05) is 12.8 Å². The van der Waals surface area contributed by atoms with Crippen LogP contribution >= 0.6 is 11.8 Å². The van der Waals surface area contributed by atoms with Crippen LogP contribution in [0.25, 0.3) is 0 Å². The summed E-state index contributed by atoms with van der Waals surface area (Å²) in [5.74, 6) is 0. The van der Waals surface area contributed by atoms with Crippen LogP contribution in [0.4, 0.5) is 0 Å². The first-order chi connectivity index (χ1) is 6.03. The molecule has 0 aliphatic heterocycles. The van der Waals surface area contributed by atoms with Crippen molar-refractivity contribution in [2.75, 3.05) is 6.26 Å². The quantitative estimate of drug-likeness (QED) is 0.731. The van der Waals surface area contributed by atoms with E-state index in [4.69, 9.17) is 5.14 Å². The normalized spacial score (nSPS) is 30.3.